The number of hydrogen-bond donors (Lipinski definition) is 2. The number of hydrogen-bond acceptors (Lipinski definition) is 5. The molecule has 2 aromatic carbocycles. The summed E-state index contributed by atoms with van der Waals surface area (Å²) in [5.74, 6) is 1.25. The lowest BCUT2D eigenvalue weighted by Crippen LogP contribution is -2.38. The third kappa shape index (κ3) is 2.92. The van der Waals surface area contributed by atoms with Gasteiger partial charge in [-0.15, -0.1) is 0 Å². The third-order valence-corrected chi connectivity index (χ3v) is 4.18. The van der Waals surface area contributed by atoms with Gasteiger partial charge in [0.15, 0.2) is 11.5 Å². The number of ether oxygens (including phenoxy) is 2. The Bertz CT molecular complexity index is 911. The fraction of sp³-hybridized carbons (Fsp3) is 0.211. The topological polar surface area (TPSA) is 80.9 Å². The van der Waals surface area contributed by atoms with Crippen molar-refractivity contribution in [1.82, 2.24) is 5.32 Å². The number of benzene rings is 2. The Morgan fingerprint density at radius 1 is 1.16 bits per heavy atom. The Balaban J connectivity index is 1.48. The lowest BCUT2D eigenvalue weighted by atomic mass is 10.0. The number of para-hydroxylation sites is 1. The van der Waals surface area contributed by atoms with Gasteiger partial charge in [0.05, 0.1) is 6.54 Å². The van der Waals surface area contributed by atoms with Gasteiger partial charge in [-0.25, -0.2) is 0 Å². The number of nitrogens with one attached hydrogen (secondary N) is 1. The van der Waals surface area contributed by atoms with E-state index in [1.807, 2.05) is 24.3 Å². The third-order valence-electron chi connectivity index (χ3n) is 4.18. The highest BCUT2D eigenvalue weighted by Gasteiger charge is 2.28. The van der Waals surface area contributed by atoms with Crippen LogP contribution in [0.2, 0.25) is 0 Å². The van der Waals surface area contributed by atoms with Crippen molar-refractivity contribution in [3.8, 4) is 11.5 Å². The molecule has 0 spiro atoms. The minimum atomic E-state index is -1.33. The number of carbonyl (C=O) groups excluding carboxylic acids is 1. The second kappa shape index (κ2) is 5.82. The number of carbonyl (C=O) groups is 1. The number of furan rings is 1. The van der Waals surface area contributed by atoms with E-state index in [2.05, 4.69) is 5.32 Å². The van der Waals surface area contributed by atoms with Gasteiger partial charge in [0.2, 0.25) is 6.79 Å². The molecule has 1 aromatic heterocycles. The Morgan fingerprint density at radius 3 is 2.80 bits per heavy atom. The molecule has 0 unspecified atom stereocenters. The average molecular weight is 339 g/mol. The molecule has 0 fully saturated rings. The molecule has 1 aliphatic heterocycles. The molecule has 3 aromatic rings. The van der Waals surface area contributed by atoms with Crippen LogP contribution in [-0.2, 0) is 5.60 Å². The molecule has 0 saturated carbocycles. The number of amides is 1. The second-order valence-corrected chi connectivity index (χ2v) is 6.17. The van der Waals surface area contributed by atoms with E-state index in [0.717, 1.165) is 5.39 Å². The molecule has 2 heterocycles. The van der Waals surface area contributed by atoms with Crippen LogP contribution in [0, 0.1) is 0 Å². The summed E-state index contributed by atoms with van der Waals surface area (Å²) in [7, 11) is 0. The highest BCUT2D eigenvalue weighted by molar-refractivity contribution is 5.95. The predicted octanol–water partition coefficient (Wildman–Crippen LogP) is 2.80. The first-order chi connectivity index (χ1) is 12.0. The molecule has 0 bridgehead atoms. The summed E-state index contributed by atoms with van der Waals surface area (Å²) in [5, 5.41) is 14.3. The van der Waals surface area contributed by atoms with Crippen LogP contribution in [0.4, 0.5) is 0 Å². The van der Waals surface area contributed by atoms with Crippen molar-refractivity contribution in [2.75, 3.05) is 13.3 Å². The van der Waals surface area contributed by atoms with E-state index in [-0.39, 0.29) is 19.2 Å². The minimum absolute atomic E-state index is 0.0140. The van der Waals surface area contributed by atoms with Crippen LogP contribution >= 0.6 is 0 Å². The van der Waals surface area contributed by atoms with Crippen LogP contribution in [0.25, 0.3) is 11.0 Å². The molecule has 0 saturated heterocycles. The number of fused-ring (bicyclic) bond motifs is 2. The molecule has 6 nitrogen and oxygen atoms in total. The summed E-state index contributed by atoms with van der Waals surface area (Å²) in [5.41, 5.74) is -0.199. The quantitative estimate of drug-likeness (QED) is 0.764. The summed E-state index contributed by atoms with van der Waals surface area (Å²) < 4.78 is 16.2. The minimum Gasteiger partial charge on any atom is -0.458 e. The van der Waals surface area contributed by atoms with Crippen molar-refractivity contribution in [2.45, 2.75) is 12.5 Å². The zero-order valence-electron chi connectivity index (χ0n) is 13.6. The largest absolute Gasteiger partial charge is 0.458 e. The fourth-order valence-electron chi connectivity index (χ4n) is 2.73. The lowest BCUT2D eigenvalue weighted by molar-refractivity contribution is 0.0344. The molecule has 1 aliphatic rings. The van der Waals surface area contributed by atoms with Crippen molar-refractivity contribution in [1.29, 1.82) is 0 Å². The zero-order chi connectivity index (χ0) is 17.4. The zero-order valence-corrected chi connectivity index (χ0v) is 13.6. The maximum atomic E-state index is 12.3. The standard InChI is InChI=1S/C19H17NO5/c1-19(22,17-9-12-4-2-3-5-14(12)25-17)10-20-18(21)13-6-7-15-16(8-13)24-11-23-15/h2-9,22H,10-11H2,1H3,(H,20,21)/t19-/m0/s1. The Labute approximate surface area is 144 Å². The highest BCUT2D eigenvalue weighted by atomic mass is 16.7. The Morgan fingerprint density at radius 2 is 1.96 bits per heavy atom. The van der Waals surface area contributed by atoms with Gasteiger partial charge < -0.3 is 24.3 Å². The van der Waals surface area contributed by atoms with Gasteiger partial charge in [-0.3, -0.25) is 4.79 Å². The highest BCUT2D eigenvalue weighted by Crippen LogP contribution is 2.32. The van der Waals surface area contributed by atoms with E-state index in [0.29, 0.717) is 28.4 Å². The van der Waals surface area contributed by atoms with Gasteiger partial charge in [0, 0.05) is 10.9 Å². The monoisotopic (exact) mass is 339 g/mol. The molecule has 1 amide bonds. The number of aliphatic hydroxyl groups is 1. The molecule has 25 heavy (non-hydrogen) atoms. The smallest absolute Gasteiger partial charge is 0.251 e. The molecular formula is C19H17NO5. The summed E-state index contributed by atoms with van der Waals surface area (Å²) in [6, 6.07) is 14.2. The van der Waals surface area contributed by atoms with E-state index in [4.69, 9.17) is 13.9 Å². The SMILES string of the molecule is C[C@](O)(CNC(=O)c1ccc2c(c1)OCO2)c1cc2ccccc2o1. The van der Waals surface area contributed by atoms with Gasteiger partial charge in [-0.05, 0) is 37.3 Å². The van der Waals surface area contributed by atoms with Gasteiger partial charge in [-0.2, -0.15) is 0 Å². The first kappa shape index (κ1) is 15.5. The van der Waals surface area contributed by atoms with E-state index in [1.165, 1.54) is 0 Å². The van der Waals surface area contributed by atoms with Crippen molar-refractivity contribution in [2.24, 2.45) is 0 Å². The molecule has 4 rings (SSSR count). The molecule has 2 N–H and O–H groups in total. The van der Waals surface area contributed by atoms with E-state index in [1.54, 1.807) is 31.2 Å². The first-order valence-corrected chi connectivity index (χ1v) is 7.92. The second-order valence-electron chi connectivity index (χ2n) is 6.17. The molecule has 6 heteroatoms. The van der Waals surface area contributed by atoms with Gasteiger partial charge in [0.25, 0.3) is 5.91 Å². The lowest BCUT2D eigenvalue weighted by Gasteiger charge is -2.21. The van der Waals surface area contributed by atoms with Crippen LogP contribution in [0.3, 0.4) is 0 Å². The van der Waals surface area contributed by atoms with E-state index < -0.39 is 5.60 Å². The van der Waals surface area contributed by atoms with Gasteiger partial charge in [0.1, 0.15) is 16.9 Å². The van der Waals surface area contributed by atoms with Gasteiger partial charge >= 0.3 is 0 Å². The Hall–Kier alpha value is -2.99. The average Bonchev–Trinajstić information content (AvgIpc) is 3.25. The Kier molecular flexibility index (Phi) is 3.62. The van der Waals surface area contributed by atoms with Crippen molar-refractivity contribution in [3.05, 3.63) is 59.9 Å². The van der Waals surface area contributed by atoms with Crippen molar-refractivity contribution in [3.63, 3.8) is 0 Å². The molecular weight excluding hydrogens is 322 g/mol. The van der Waals surface area contributed by atoms with Crippen LogP contribution < -0.4 is 14.8 Å². The van der Waals surface area contributed by atoms with Crippen LogP contribution in [0.1, 0.15) is 23.0 Å². The molecule has 1 atom stereocenters. The fourth-order valence-corrected chi connectivity index (χ4v) is 2.73. The van der Waals surface area contributed by atoms with E-state index in [9.17, 15) is 9.90 Å². The van der Waals surface area contributed by atoms with Crippen molar-refractivity contribution < 1.29 is 23.8 Å². The maximum absolute atomic E-state index is 12.3. The van der Waals surface area contributed by atoms with Crippen LogP contribution in [0.5, 0.6) is 11.5 Å². The van der Waals surface area contributed by atoms with Crippen LogP contribution in [0.15, 0.2) is 52.9 Å². The molecule has 0 aliphatic carbocycles. The predicted molar refractivity (Wildman–Crippen MR) is 90.7 cm³/mol. The number of rotatable bonds is 4. The summed E-state index contributed by atoms with van der Waals surface area (Å²) in [4.78, 5) is 12.3. The summed E-state index contributed by atoms with van der Waals surface area (Å²) in [6.45, 7) is 1.77. The molecule has 128 valence electrons. The van der Waals surface area contributed by atoms with Crippen molar-refractivity contribution >= 4 is 16.9 Å². The van der Waals surface area contributed by atoms with Gasteiger partial charge in [-0.1, -0.05) is 18.2 Å². The first-order valence-electron chi connectivity index (χ1n) is 7.92. The van der Waals surface area contributed by atoms with E-state index >= 15 is 0 Å². The summed E-state index contributed by atoms with van der Waals surface area (Å²) in [6.07, 6.45) is 0. The summed E-state index contributed by atoms with van der Waals surface area (Å²) >= 11 is 0. The maximum Gasteiger partial charge on any atom is 0.251 e. The normalized spacial score (nSPS) is 15.1. The van der Waals surface area contributed by atoms with Crippen LogP contribution in [-0.4, -0.2) is 24.4 Å². The molecule has 0 radical (unpaired) electrons.